The molecule has 0 heterocycles. The predicted octanol–water partition coefficient (Wildman–Crippen LogP) is -2.48. The average molecular weight is 1110 g/mol. The maximum atomic E-state index is 14.0. The van der Waals surface area contributed by atoms with Gasteiger partial charge in [0.25, 0.3) is 0 Å². The van der Waals surface area contributed by atoms with Crippen LogP contribution in [0.4, 0.5) is 0 Å². The third kappa shape index (κ3) is 28.1. The summed E-state index contributed by atoms with van der Waals surface area (Å²) in [5.41, 5.74) is 28.0. The van der Waals surface area contributed by atoms with Crippen molar-refractivity contribution in [3.8, 4) is 0 Å². The fourth-order valence-corrected chi connectivity index (χ4v) is 7.98. The first-order chi connectivity index (χ1) is 36.6. The molecule has 0 rings (SSSR count). The van der Waals surface area contributed by atoms with E-state index in [9.17, 15) is 52.7 Å². The minimum atomic E-state index is -1.25. The van der Waals surface area contributed by atoms with Crippen LogP contribution in [0.1, 0.15) is 153 Å². The Bertz CT molecular complexity index is 1940. The van der Waals surface area contributed by atoms with Crippen LogP contribution in [0.15, 0.2) is 0 Å². The lowest BCUT2D eigenvalue weighted by atomic mass is 9.97. The Labute approximate surface area is 461 Å². The monoisotopic (exact) mass is 1110 g/mol. The van der Waals surface area contributed by atoms with E-state index in [1.54, 1.807) is 20.8 Å². The highest BCUT2D eigenvalue weighted by atomic mass is 16.2. The first-order valence-electron chi connectivity index (χ1n) is 27.7. The van der Waals surface area contributed by atoms with Crippen molar-refractivity contribution in [3.63, 3.8) is 0 Å². The van der Waals surface area contributed by atoms with E-state index in [-0.39, 0.29) is 50.5 Å². The van der Waals surface area contributed by atoms with Crippen LogP contribution in [0.2, 0.25) is 0 Å². The Morgan fingerprint density at radius 3 is 1.05 bits per heavy atom. The van der Waals surface area contributed by atoms with Gasteiger partial charge in [-0.3, -0.25) is 52.7 Å². The van der Waals surface area contributed by atoms with Crippen LogP contribution in [0, 0.1) is 23.7 Å². The number of nitrogens with one attached hydrogen (secondary N) is 10. The van der Waals surface area contributed by atoms with Gasteiger partial charge in [-0.15, -0.1) is 0 Å². The van der Waals surface area contributed by atoms with Crippen molar-refractivity contribution in [1.82, 2.24) is 53.2 Å². The minimum Gasteiger partial charge on any atom is -0.368 e. The zero-order valence-corrected chi connectivity index (χ0v) is 48.3. The molecule has 0 bridgehead atoms. The summed E-state index contributed by atoms with van der Waals surface area (Å²) >= 11 is 0. The zero-order valence-electron chi connectivity index (χ0n) is 48.3. The molecule has 26 heteroatoms. The normalized spacial score (nSPS) is 15.6. The highest BCUT2D eigenvalue weighted by Gasteiger charge is 2.36. The molecule has 26 nitrogen and oxygen atoms in total. The molecule has 0 saturated heterocycles. The van der Waals surface area contributed by atoms with Crippen LogP contribution in [0.5, 0.6) is 0 Å². The van der Waals surface area contributed by atoms with Gasteiger partial charge in [-0.25, -0.2) is 0 Å². The minimum absolute atomic E-state index is 0.0374. The molecule has 0 aromatic carbocycles. The lowest BCUT2D eigenvalue weighted by molar-refractivity contribution is -0.136. The van der Waals surface area contributed by atoms with Gasteiger partial charge in [-0.05, 0) is 135 Å². The van der Waals surface area contributed by atoms with Crippen LogP contribution >= 0.6 is 0 Å². The Morgan fingerprint density at radius 2 is 0.679 bits per heavy atom. The molecule has 78 heavy (non-hydrogen) atoms. The second-order valence-corrected chi connectivity index (χ2v) is 21.4. The molecular formula is C52H99N15O11. The molecule has 0 aliphatic carbocycles. The molecule has 448 valence electrons. The number of rotatable bonds is 40. The van der Waals surface area contributed by atoms with E-state index >= 15 is 0 Å². The molecule has 0 spiro atoms. The van der Waals surface area contributed by atoms with E-state index in [0.29, 0.717) is 64.6 Å². The Kier molecular flexibility index (Phi) is 35.6. The third-order valence-electron chi connectivity index (χ3n) is 12.9. The van der Waals surface area contributed by atoms with Crippen molar-refractivity contribution in [2.75, 3.05) is 26.2 Å². The Morgan fingerprint density at radius 1 is 0.359 bits per heavy atom. The molecule has 11 unspecified atom stereocenters. The van der Waals surface area contributed by atoms with Gasteiger partial charge in [-0.2, -0.15) is 0 Å². The summed E-state index contributed by atoms with van der Waals surface area (Å²) in [5.74, 6) is -8.65. The fraction of sp³-hybridized carbons (Fsp3) is 0.788. The Hall–Kier alpha value is -5.99. The van der Waals surface area contributed by atoms with Gasteiger partial charge >= 0.3 is 0 Å². The maximum Gasteiger partial charge on any atom is 0.243 e. The number of carbonyl (C=O) groups is 11. The molecule has 0 fully saturated rings. The van der Waals surface area contributed by atoms with Crippen LogP contribution < -0.4 is 81.8 Å². The van der Waals surface area contributed by atoms with Crippen LogP contribution in [0.3, 0.4) is 0 Å². The number of primary amides is 1. The smallest absolute Gasteiger partial charge is 0.243 e. The first-order valence-corrected chi connectivity index (χ1v) is 27.7. The van der Waals surface area contributed by atoms with Crippen molar-refractivity contribution in [3.05, 3.63) is 0 Å². The second kappa shape index (κ2) is 38.6. The molecule has 20 N–H and O–H groups in total. The van der Waals surface area contributed by atoms with Crippen LogP contribution in [-0.4, -0.2) is 152 Å². The summed E-state index contributed by atoms with van der Waals surface area (Å²) in [6, 6.07) is -11.4. The summed E-state index contributed by atoms with van der Waals surface area (Å²) in [5, 5.41) is 26.4. The van der Waals surface area contributed by atoms with Crippen molar-refractivity contribution in [2.24, 2.45) is 52.3 Å². The molecule has 0 radical (unpaired) electrons. The quantitative estimate of drug-likeness (QED) is 0.0283. The van der Waals surface area contributed by atoms with E-state index in [2.05, 4.69) is 53.2 Å². The van der Waals surface area contributed by atoms with E-state index in [1.165, 1.54) is 20.8 Å². The molecular weight excluding hydrogens is 1010 g/mol. The largest absolute Gasteiger partial charge is 0.368 e. The summed E-state index contributed by atoms with van der Waals surface area (Å²) in [4.78, 5) is 147. The molecule has 0 aromatic rings. The summed E-state index contributed by atoms with van der Waals surface area (Å²) in [6.07, 6.45) is 4.35. The van der Waals surface area contributed by atoms with E-state index < -0.39 is 137 Å². The van der Waals surface area contributed by atoms with Crippen molar-refractivity contribution >= 4 is 65.0 Å². The highest BCUT2D eigenvalue weighted by molar-refractivity contribution is 5.98. The zero-order chi connectivity index (χ0) is 59.8. The second-order valence-electron chi connectivity index (χ2n) is 21.4. The number of nitrogens with two attached hydrogens (primary N) is 5. The van der Waals surface area contributed by atoms with Gasteiger partial charge in [0.1, 0.15) is 60.4 Å². The maximum absolute atomic E-state index is 14.0. The predicted molar refractivity (Wildman–Crippen MR) is 296 cm³/mol. The van der Waals surface area contributed by atoms with Gasteiger partial charge in [0, 0.05) is 0 Å². The molecule has 0 saturated carbocycles. The lowest BCUT2D eigenvalue weighted by Crippen LogP contribution is -2.61. The van der Waals surface area contributed by atoms with E-state index in [4.69, 9.17) is 28.7 Å². The number of hydrogen-bond acceptors (Lipinski definition) is 15. The van der Waals surface area contributed by atoms with Gasteiger partial charge in [0.05, 0.1) is 6.54 Å². The van der Waals surface area contributed by atoms with Crippen molar-refractivity contribution < 1.29 is 52.7 Å². The third-order valence-corrected chi connectivity index (χ3v) is 12.9. The number of unbranched alkanes of at least 4 members (excludes halogenated alkanes) is 3. The molecule has 0 aliphatic rings. The van der Waals surface area contributed by atoms with Crippen molar-refractivity contribution in [2.45, 2.75) is 214 Å². The van der Waals surface area contributed by atoms with E-state index in [0.717, 1.165) is 0 Å². The number of amides is 11. The SMILES string of the molecule is CCC(C)C(NC(=O)C(CCCCN)NC(=O)CN)C(=O)NC(C)C(=O)NC(CCCCN)C(=O)NC(C(=O)NC(C)C(=O)NC(CC(C)C)C(=O)NC(CCCCN)C(=O)NC(C)C(=O)NC(CC(C)C)C(N)=O)C(C)C. The molecule has 11 amide bonds. The van der Waals surface area contributed by atoms with Gasteiger partial charge in [0.2, 0.25) is 65.0 Å². The first kappa shape index (κ1) is 72.0. The fourth-order valence-electron chi connectivity index (χ4n) is 7.98. The lowest BCUT2D eigenvalue weighted by Gasteiger charge is -2.29. The van der Waals surface area contributed by atoms with Crippen LogP contribution in [-0.2, 0) is 52.7 Å². The standard InChI is InChI=1S/C52H99N15O11/c1-12-31(8)42(67-48(74)35(19-13-16-22-53)61-40(68)27-56)52(78)60-33(10)44(70)62-37(21-15-18-24-55)49(75)66-41(30(6)7)51(77)59-34(11)46(72)65-39(26-29(4)5)50(76)63-36(20-14-17-23-54)47(73)58-32(9)45(71)64-38(43(57)69)25-28(2)3/h28-39,41-42H,12-27,53-56H2,1-11H3,(H2,57,69)(H,58,73)(H,59,77)(H,60,78)(H,61,68)(H,62,70)(H,63,76)(H,64,71)(H,65,72)(H,66,75)(H,67,74). The van der Waals surface area contributed by atoms with Gasteiger partial charge < -0.3 is 81.8 Å². The Balaban J connectivity index is 6.23. The van der Waals surface area contributed by atoms with Gasteiger partial charge in [0.15, 0.2) is 0 Å². The summed E-state index contributed by atoms with van der Waals surface area (Å²) in [7, 11) is 0. The topological polar surface area (TPSA) is 438 Å². The number of hydrogen-bond donors (Lipinski definition) is 15. The number of carbonyl (C=O) groups excluding carboxylic acids is 11. The summed E-state index contributed by atoms with van der Waals surface area (Å²) in [6.45, 7) is 19.1. The van der Waals surface area contributed by atoms with Crippen molar-refractivity contribution in [1.29, 1.82) is 0 Å². The van der Waals surface area contributed by atoms with Gasteiger partial charge in [-0.1, -0.05) is 61.8 Å². The molecule has 0 aromatic heterocycles. The van der Waals surface area contributed by atoms with E-state index in [1.807, 2.05) is 34.6 Å². The summed E-state index contributed by atoms with van der Waals surface area (Å²) < 4.78 is 0. The van der Waals surface area contributed by atoms with Crippen LogP contribution in [0.25, 0.3) is 0 Å². The molecule has 11 atom stereocenters. The molecule has 0 aliphatic heterocycles. The average Bonchev–Trinajstić information content (AvgIpc) is 3.36. The highest BCUT2D eigenvalue weighted by Crippen LogP contribution is 2.13.